The largest absolute Gasteiger partial charge is 0.454 e. The summed E-state index contributed by atoms with van der Waals surface area (Å²) in [6.07, 6.45) is -4.85. The third-order valence-electron chi connectivity index (χ3n) is 6.11. The van der Waals surface area contributed by atoms with Gasteiger partial charge >= 0.3 is 11.9 Å². The van der Waals surface area contributed by atoms with Gasteiger partial charge in [-0.05, 0) is 36.9 Å². The molecule has 3 aromatic rings. The van der Waals surface area contributed by atoms with Crippen molar-refractivity contribution < 1.29 is 27.4 Å². The summed E-state index contributed by atoms with van der Waals surface area (Å²) >= 11 is 6.36. The standard InChI is InChI=1S/C23H24ClF3N4O4/c1-3-29(4-2)5-6-30-17-8-13(21(28)32)7-15(23(25,26)27)20(17)31(22(30)33)11-14-9-18-19(10-16(14)24)35-12-34-18/h7-10H,3-6,11-12H2,1-2H3,(H2,28,32). The molecule has 2 aromatic carbocycles. The van der Waals surface area contributed by atoms with E-state index in [1.807, 2.05) is 18.7 Å². The number of likely N-dealkylation sites (N-methyl/N-ethyl adjacent to an activating group) is 1. The number of primary amides is 1. The molecule has 1 aliphatic rings. The number of rotatable bonds is 8. The summed E-state index contributed by atoms with van der Waals surface area (Å²) in [5, 5.41) is 0.215. The van der Waals surface area contributed by atoms with Gasteiger partial charge in [-0.25, -0.2) is 4.79 Å². The maximum absolute atomic E-state index is 14.2. The molecule has 0 aliphatic carbocycles. The lowest BCUT2D eigenvalue weighted by atomic mass is 10.1. The summed E-state index contributed by atoms with van der Waals surface area (Å²) in [6.45, 7) is 5.61. The summed E-state index contributed by atoms with van der Waals surface area (Å²) < 4.78 is 55.4. The quantitative estimate of drug-likeness (QED) is 0.497. The number of alkyl halides is 3. The topological polar surface area (TPSA) is 91.7 Å². The number of benzene rings is 2. The zero-order chi connectivity index (χ0) is 25.5. The van der Waals surface area contributed by atoms with Gasteiger partial charge in [0, 0.05) is 29.7 Å². The van der Waals surface area contributed by atoms with Crippen LogP contribution in [0, 0.1) is 0 Å². The number of amides is 1. The van der Waals surface area contributed by atoms with Crippen molar-refractivity contribution in [2.45, 2.75) is 33.1 Å². The van der Waals surface area contributed by atoms with Crippen LogP contribution in [0.5, 0.6) is 11.5 Å². The number of aromatic nitrogens is 2. The van der Waals surface area contributed by atoms with Gasteiger partial charge in [-0.3, -0.25) is 13.9 Å². The van der Waals surface area contributed by atoms with E-state index in [0.717, 1.165) is 4.57 Å². The first-order chi connectivity index (χ1) is 16.5. The lowest BCUT2D eigenvalue weighted by Crippen LogP contribution is -2.32. The highest BCUT2D eigenvalue weighted by Crippen LogP contribution is 2.39. The van der Waals surface area contributed by atoms with Gasteiger partial charge in [-0.2, -0.15) is 13.2 Å². The van der Waals surface area contributed by atoms with Gasteiger partial charge in [0.1, 0.15) is 0 Å². The third-order valence-corrected chi connectivity index (χ3v) is 6.46. The number of fused-ring (bicyclic) bond motifs is 2. The Morgan fingerprint density at radius 2 is 1.77 bits per heavy atom. The maximum atomic E-state index is 14.2. The lowest BCUT2D eigenvalue weighted by molar-refractivity contribution is -0.136. The molecular weight excluding hydrogens is 489 g/mol. The number of hydrogen-bond acceptors (Lipinski definition) is 5. The molecule has 0 unspecified atom stereocenters. The molecule has 0 fully saturated rings. The Hall–Kier alpha value is -3.18. The zero-order valence-corrected chi connectivity index (χ0v) is 19.9. The smallest absolute Gasteiger partial charge is 0.418 e. The van der Waals surface area contributed by atoms with Crippen LogP contribution in [0.4, 0.5) is 13.2 Å². The summed E-state index contributed by atoms with van der Waals surface area (Å²) in [6, 6.07) is 4.95. The van der Waals surface area contributed by atoms with E-state index < -0.39 is 23.3 Å². The van der Waals surface area contributed by atoms with Crippen LogP contribution in [0.1, 0.15) is 35.3 Å². The fraction of sp³-hybridized carbons (Fsp3) is 0.391. The van der Waals surface area contributed by atoms with Crippen LogP contribution >= 0.6 is 11.6 Å². The number of nitrogens with two attached hydrogens (primary N) is 1. The minimum absolute atomic E-state index is 0.00611. The van der Waals surface area contributed by atoms with E-state index in [0.29, 0.717) is 42.8 Å². The molecule has 1 aliphatic heterocycles. The Kier molecular flexibility index (Phi) is 6.74. The number of nitrogens with zero attached hydrogens (tertiary/aromatic N) is 3. The van der Waals surface area contributed by atoms with Crippen molar-refractivity contribution in [3.05, 3.63) is 56.5 Å². The monoisotopic (exact) mass is 512 g/mol. The lowest BCUT2D eigenvalue weighted by Gasteiger charge is -2.18. The fourth-order valence-electron chi connectivity index (χ4n) is 4.21. The van der Waals surface area contributed by atoms with E-state index in [1.54, 1.807) is 6.07 Å². The zero-order valence-electron chi connectivity index (χ0n) is 19.1. The molecule has 2 N–H and O–H groups in total. The van der Waals surface area contributed by atoms with Crippen molar-refractivity contribution in [3.63, 3.8) is 0 Å². The summed E-state index contributed by atoms with van der Waals surface area (Å²) in [7, 11) is 0. The van der Waals surface area contributed by atoms with Gasteiger partial charge in [0.05, 0.1) is 23.1 Å². The Morgan fingerprint density at radius 1 is 1.11 bits per heavy atom. The van der Waals surface area contributed by atoms with Crippen molar-refractivity contribution in [2.75, 3.05) is 26.4 Å². The van der Waals surface area contributed by atoms with E-state index >= 15 is 0 Å². The van der Waals surface area contributed by atoms with E-state index in [2.05, 4.69) is 0 Å². The Bertz CT molecular complexity index is 1350. The third kappa shape index (κ3) is 4.70. The Balaban J connectivity index is 1.95. The molecule has 0 spiro atoms. The summed E-state index contributed by atoms with van der Waals surface area (Å²) in [5.74, 6) is -0.226. The van der Waals surface area contributed by atoms with Crippen molar-refractivity contribution in [1.82, 2.24) is 14.0 Å². The van der Waals surface area contributed by atoms with Crippen molar-refractivity contribution in [3.8, 4) is 11.5 Å². The minimum Gasteiger partial charge on any atom is -0.454 e. The molecule has 35 heavy (non-hydrogen) atoms. The van der Waals surface area contributed by atoms with Gasteiger partial charge in [-0.1, -0.05) is 25.4 Å². The predicted molar refractivity (Wildman–Crippen MR) is 124 cm³/mol. The molecule has 12 heteroatoms. The van der Waals surface area contributed by atoms with Crippen LogP contribution in [0.15, 0.2) is 29.1 Å². The van der Waals surface area contributed by atoms with Crippen molar-refractivity contribution in [2.24, 2.45) is 5.73 Å². The van der Waals surface area contributed by atoms with E-state index in [1.165, 1.54) is 16.7 Å². The highest BCUT2D eigenvalue weighted by molar-refractivity contribution is 6.31. The molecule has 0 saturated heterocycles. The Morgan fingerprint density at radius 3 is 2.37 bits per heavy atom. The molecule has 0 saturated carbocycles. The first-order valence-electron chi connectivity index (χ1n) is 11.0. The second-order valence-electron chi connectivity index (χ2n) is 8.10. The van der Waals surface area contributed by atoms with E-state index in [-0.39, 0.29) is 41.5 Å². The molecule has 8 nitrogen and oxygen atoms in total. The van der Waals surface area contributed by atoms with Crippen molar-refractivity contribution in [1.29, 1.82) is 0 Å². The molecule has 0 bridgehead atoms. The van der Waals surface area contributed by atoms with Crippen LogP contribution in [-0.4, -0.2) is 46.4 Å². The van der Waals surface area contributed by atoms with Crippen molar-refractivity contribution >= 4 is 28.5 Å². The minimum atomic E-state index is -4.85. The number of halogens is 4. The fourth-order valence-corrected chi connectivity index (χ4v) is 4.42. The molecule has 4 rings (SSSR count). The maximum Gasteiger partial charge on any atom is 0.418 e. The average Bonchev–Trinajstić information content (AvgIpc) is 3.35. The molecule has 2 heterocycles. The van der Waals surface area contributed by atoms with Crippen LogP contribution in [-0.2, 0) is 19.3 Å². The second-order valence-corrected chi connectivity index (χ2v) is 8.50. The van der Waals surface area contributed by atoms with Gasteiger partial charge in [0.15, 0.2) is 11.5 Å². The van der Waals surface area contributed by atoms with Crippen LogP contribution < -0.4 is 20.9 Å². The van der Waals surface area contributed by atoms with E-state index in [9.17, 15) is 22.8 Å². The van der Waals surface area contributed by atoms with Crippen LogP contribution in [0.25, 0.3) is 11.0 Å². The number of carbonyl (C=O) groups excluding carboxylic acids is 1. The summed E-state index contributed by atoms with van der Waals surface area (Å²) in [4.78, 5) is 27.4. The molecule has 0 radical (unpaired) electrons. The molecule has 188 valence electrons. The number of hydrogen-bond donors (Lipinski definition) is 1. The normalized spacial score (nSPS) is 13.2. The van der Waals surface area contributed by atoms with Crippen LogP contribution in [0.2, 0.25) is 5.02 Å². The van der Waals surface area contributed by atoms with Crippen LogP contribution in [0.3, 0.4) is 0 Å². The Labute approximate surface area is 203 Å². The first kappa shape index (κ1) is 24.9. The first-order valence-corrected chi connectivity index (χ1v) is 11.4. The second kappa shape index (κ2) is 9.46. The van der Waals surface area contributed by atoms with Gasteiger partial charge in [-0.15, -0.1) is 0 Å². The number of imidazole rings is 1. The number of carbonyl (C=O) groups is 1. The van der Waals surface area contributed by atoms with Gasteiger partial charge < -0.3 is 20.1 Å². The molecular formula is C23H24ClF3N4O4. The number of ether oxygens (including phenoxy) is 2. The summed E-state index contributed by atoms with van der Waals surface area (Å²) in [5.41, 5.74) is 3.21. The average molecular weight is 513 g/mol. The highest BCUT2D eigenvalue weighted by atomic mass is 35.5. The van der Waals surface area contributed by atoms with Gasteiger partial charge in [0.25, 0.3) is 0 Å². The van der Waals surface area contributed by atoms with E-state index in [4.69, 9.17) is 26.8 Å². The molecule has 1 amide bonds. The predicted octanol–water partition coefficient (Wildman–Crippen LogP) is 3.69. The molecule has 0 atom stereocenters. The van der Waals surface area contributed by atoms with Gasteiger partial charge in [0.2, 0.25) is 12.7 Å². The molecule has 1 aromatic heterocycles. The SMILES string of the molecule is CCN(CC)CCn1c(=O)n(Cc2cc3c(cc2Cl)OCO3)c2c(C(F)(F)F)cc(C(N)=O)cc21. The highest BCUT2D eigenvalue weighted by Gasteiger charge is 2.36.